The monoisotopic (exact) mass is 294 g/mol. The van der Waals surface area contributed by atoms with Crippen LogP contribution in [0.25, 0.3) is 0 Å². The Morgan fingerprint density at radius 1 is 1.43 bits per heavy atom. The number of amides is 1. The van der Waals surface area contributed by atoms with Crippen LogP contribution in [0.3, 0.4) is 0 Å². The van der Waals surface area contributed by atoms with Crippen molar-refractivity contribution in [3.8, 4) is 0 Å². The number of benzene rings is 1. The van der Waals surface area contributed by atoms with E-state index in [1.165, 1.54) is 6.07 Å². The lowest BCUT2D eigenvalue weighted by molar-refractivity contribution is -0.386. The molecular formula is C15H22N2O4. The molecule has 0 radical (unpaired) electrons. The van der Waals surface area contributed by atoms with E-state index in [0.717, 1.165) is 0 Å². The molecule has 2 N–H and O–H groups in total. The number of aliphatic hydroxyl groups excluding tert-OH is 1. The Morgan fingerprint density at radius 2 is 2.05 bits per heavy atom. The van der Waals surface area contributed by atoms with Gasteiger partial charge in [0.1, 0.15) is 0 Å². The van der Waals surface area contributed by atoms with Crippen LogP contribution in [-0.4, -0.2) is 29.1 Å². The molecule has 0 aliphatic heterocycles. The normalized spacial score (nSPS) is 12.8. The van der Waals surface area contributed by atoms with Crippen molar-refractivity contribution in [2.45, 2.75) is 33.1 Å². The number of carbonyl (C=O) groups is 1. The number of rotatable bonds is 5. The summed E-state index contributed by atoms with van der Waals surface area (Å²) in [6.07, 6.45) is 0. The third-order valence-electron chi connectivity index (χ3n) is 3.19. The van der Waals surface area contributed by atoms with Gasteiger partial charge in [0, 0.05) is 30.3 Å². The van der Waals surface area contributed by atoms with Gasteiger partial charge in [-0.15, -0.1) is 0 Å². The molecule has 0 aliphatic rings. The third kappa shape index (κ3) is 4.53. The SMILES string of the molecule is CC(CO)CNC(=O)c1ccc(C(C)(C)C)c([N+](=O)[O-])c1. The molecule has 1 aromatic carbocycles. The Labute approximate surface area is 124 Å². The number of nitrogens with zero attached hydrogens (tertiary/aromatic N) is 1. The Morgan fingerprint density at radius 3 is 2.52 bits per heavy atom. The van der Waals surface area contributed by atoms with Gasteiger partial charge in [0.05, 0.1) is 4.92 Å². The van der Waals surface area contributed by atoms with Crippen LogP contribution in [0.5, 0.6) is 0 Å². The number of hydrogen-bond donors (Lipinski definition) is 2. The summed E-state index contributed by atoms with van der Waals surface area (Å²) in [7, 11) is 0. The Kier molecular flexibility index (Phi) is 5.43. The Bertz CT molecular complexity index is 535. The highest BCUT2D eigenvalue weighted by molar-refractivity contribution is 5.95. The van der Waals surface area contributed by atoms with Crippen molar-refractivity contribution in [2.75, 3.05) is 13.2 Å². The van der Waals surface area contributed by atoms with Gasteiger partial charge in [0.25, 0.3) is 11.6 Å². The van der Waals surface area contributed by atoms with Crippen molar-refractivity contribution in [3.63, 3.8) is 0 Å². The average Bonchev–Trinajstić information content (AvgIpc) is 2.42. The highest BCUT2D eigenvalue weighted by atomic mass is 16.6. The van der Waals surface area contributed by atoms with Crippen LogP contribution in [0.15, 0.2) is 18.2 Å². The number of aliphatic hydroxyl groups is 1. The van der Waals surface area contributed by atoms with Gasteiger partial charge in [-0.05, 0) is 17.4 Å². The molecule has 6 heteroatoms. The number of nitrogens with one attached hydrogen (secondary N) is 1. The van der Waals surface area contributed by atoms with Gasteiger partial charge in [-0.1, -0.05) is 33.8 Å². The van der Waals surface area contributed by atoms with E-state index in [-0.39, 0.29) is 35.1 Å². The first-order chi connectivity index (χ1) is 9.66. The summed E-state index contributed by atoms with van der Waals surface area (Å²) in [5.41, 5.74) is 0.418. The fourth-order valence-electron chi connectivity index (χ4n) is 1.89. The molecule has 6 nitrogen and oxygen atoms in total. The highest BCUT2D eigenvalue weighted by Gasteiger charge is 2.26. The zero-order chi connectivity index (χ0) is 16.2. The smallest absolute Gasteiger partial charge is 0.273 e. The summed E-state index contributed by atoms with van der Waals surface area (Å²) < 4.78 is 0. The van der Waals surface area contributed by atoms with Crippen molar-refractivity contribution in [1.29, 1.82) is 0 Å². The Hall–Kier alpha value is -1.95. The van der Waals surface area contributed by atoms with Crippen LogP contribution in [-0.2, 0) is 5.41 Å². The zero-order valence-electron chi connectivity index (χ0n) is 12.8. The Balaban J connectivity index is 3.04. The molecule has 1 unspecified atom stereocenters. The van der Waals surface area contributed by atoms with Crippen LogP contribution < -0.4 is 5.32 Å². The molecule has 1 aromatic rings. The summed E-state index contributed by atoms with van der Waals surface area (Å²) in [6.45, 7) is 7.76. The van der Waals surface area contributed by atoms with E-state index in [1.807, 2.05) is 20.8 Å². The summed E-state index contributed by atoms with van der Waals surface area (Å²) in [6, 6.07) is 4.52. The molecular weight excluding hydrogens is 272 g/mol. The van der Waals surface area contributed by atoms with Gasteiger partial charge in [-0.3, -0.25) is 14.9 Å². The second-order valence-corrected chi connectivity index (χ2v) is 6.24. The topological polar surface area (TPSA) is 92.5 Å². The van der Waals surface area contributed by atoms with Gasteiger partial charge >= 0.3 is 0 Å². The first kappa shape index (κ1) is 17.1. The lowest BCUT2D eigenvalue weighted by Gasteiger charge is -2.19. The van der Waals surface area contributed by atoms with E-state index in [2.05, 4.69) is 5.32 Å². The van der Waals surface area contributed by atoms with E-state index in [4.69, 9.17) is 5.11 Å². The maximum atomic E-state index is 12.0. The highest BCUT2D eigenvalue weighted by Crippen LogP contribution is 2.31. The van der Waals surface area contributed by atoms with Crippen molar-refractivity contribution in [1.82, 2.24) is 5.32 Å². The number of hydrogen-bond acceptors (Lipinski definition) is 4. The van der Waals surface area contributed by atoms with E-state index < -0.39 is 4.92 Å². The molecule has 1 atom stereocenters. The van der Waals surface area contributed by atoms with Crippen LogP contribution in [0.1, 0.15) is 43.6 Å². The predicted octanol–water partition coefficient (Wildman–Crippen LogP) is 2.25. The van der Waals surface area contributed by atoms with Crippen molar-refractivity contribution < 1.29 is 14.8 Å². The molecule has 116 valence electrons. The van der Waals surface area contributed by atoms with Crippen molar-refractivity contribution in [2.24, 2.45) is 5.92 Å². The molecule has 0 saturated heterocycles. The fraction of sp³-hybridized carbons (Fsp3) is 0.533. The molecule has 0 bridgehead atoms. The van der Waals surface area contributed by atoms with Gasteiger partial charge in [0.15, 0.2) is 0 Å². The lowest BCUT2D eigenvalue weighted by atomic mass is 9.85. The number of carbonyl (C=O) groups excluding carboxylic acids is 1. The number of nitro groups is 1. The van der Waals surface area contributed by atoms with Gasteiger partial charge in [-0.2, -0.15) is 0 Å². The molecule has 0 fully saturated rings. The standard InChI is InChI=1S/C15H22N2O4/c1-10(9-18)8-16-14(19)11-5-6-12(15(2,3)4)13(7-11)17(20)21/h5-7,10,18H,8-9H2,1-4H3,(H,16,19). The van der Waals surface area contributed by atoms with Crippen LogP contribution >= 0.6 is 0 Å². The summed E-state index contributed by atoms with van der Waals surface area (Å²) in [5.74, 6) is -0.434. The third-order valence-corrected chi connectivity index (χ3v) is 3.19. The zero-order valence-corrected chi connectivity index (χ0v) is 12.8. The van der Waals surface area contributed by atoms with E-state index in [1.54, 1.807) is 19.1 Å². The van der Waals surface area contributed by atoms with Crippen molar-refractivity contribution >= 4 is 11.6 Å². The molecule has 0 heterocycles. The number of nitro benzene ring substituents is 1. The van der Waals surface area contributed by atoms with Crippen LogP contribution in [0.2, 0.25) is 0 Å². The second kappa shape index (κ2) is 6.67. The summed E-state index contributed by atoms with van der Waals surface area (Å²) in [5, 5.41) is 22.8. The average molecular weight is 294 g/mol. The maximum Gasteiger partial charge on any atom is 0.273 e. The van der Waals surface area contributed by atoms with E-state index in [9.17, 15) is 14.9 Å². The first-order valence-corrected chi connectivity index (χ1v) is 6.84. The summed E-state index contributed by atoms with van der Waals surface area (Å²) in [4.78, 5) is 22.7. The minimum absolute atomic E-state index is 0.0244. The van der Waals surface area contributed by atoms with Crippen molar-refractivity contribution in [3.05, 3.63) is 39.4 Å². The molecule has 0 aromatic heterocycles. The van der Waals surface area contributed by atoms with E-state index >= 15 is 0 Å². The van der Waals surface area contributed by atoms with Crippen LogP contribution in [0, 0.1) is 16.0 Å². The van der Waals surface area contributed by atoms with E-state index in [0.29, 0.717) is 12.1 Å². The predicted molar refractivity (Wildman–Crippen MR) is 80.4 cm³/mol. The molecule has 0 aliphatic carbocycles. The minimum atomic E-state index is -0.465. The maximum absolute atomic E-state index is 12.0. The van der Waals surface area contributed by atoms with Crippen LogP contribution in [0.4, 0.5) is 5.69 Å². The molecule has 0 saturated carbocycles. The molecule has 1 amide bonds. The largest absolute Gasteiger partial charge is 0.396 e. The minimum Gasteiger partial charge on any atom is -0.396 e. The first-order valence-electron chi connectivity index (χ1n) is 6.84. The fourth-order valence-corrected chi connectivity index (χ4v) is 1.89. The van der Waals surface area contributed by atoms with Gasteiger partial charge in [0.2, 0.25) is 0 Å². The van der Waals surface area contributed by atoms with Gasteiger partial charge in [-0.25, -0.2) is 0 Å². The molecule has 21 heavy (non-hydrogen) atoms. The summed E-state index contributed by atoms with van der Waals surface area (Å²) >= 11 is 0. The molecule has 0 spiro atoms. The molecule has 1 rings (SSSR count). The lowest BCUT2D eigenvalue weighted by Crippen LogP contribution is -2.29. The second-order valence-electron chi connectivity index (χ2n) is 6.24. The quantitative estimate of drug-likeness (QED) is 0.643. The van der Waals surface area contributed by atoms with Gasteiger partial charge < -0.3 is 10.4 Å².